The highest BCUT2D eigenvalue weighted by molar-refractivity contribution is 5.86. The molecule has 1 aromatic carbocycles. The second-order valence-electron chi connectivity index (χ2n) is 6.69. The van der Waals surface area contributed by atoms with E-state index in [-0.39, 0.29) is 11.8 Å². The van der Waals surface area contributed by atoms with Crippen molar-refractivity contribution in [2.45, 2.75) is 39.2 Å². The molecule has 1 fully saturated rings. The van der Waals surface area contributed by atoms with Crippen LogP contribution in [0, 0.1) is 11.8 Å². The SMILES string of the molecule is CC(C)[C@H](NC(N)=O)C(=O)N1CCC(Cc2ccccc2)CC1. The normalized spacial score (nSPS) is 17.1. The Hall–Kier alpha value is -2.04. The van der Waals surface area contributed by atoms with E-state index in [4.69, 9.17) is 5.73 Å². The number of carbonyl (C=O) groups excluding carboxylic acids is 2. The molecular weight excluding hydrogens is 290 g/mol. The summed E-state index contributed by atoms with van der Waals surface area (Å²) >= 11 is 0. The van der Waals surface area contributed by atoms with E-state index in [1.807, 2.05) is 24.8 Å². The van der Waals surface area contributed by atoms with Gasteiger partial charge in [0.05, 0.1) is 0 Å². The number of hydrogen-bond donors (Lipinski definition) is 2. The third kappa shape index (κ3) is 4.98. The fourth-order valence-corrected chi connectivity index (χ4v) is 3.17. The molecule has 5 heteroatoms. The lowest BCUT2D eigenvalue weighted by Gasteiger charge is -2.35. The third-order valence-electron chi connectivity index (χ3n) is 4.52. The predicted octanol–water partition coefficient (Wildman–Crippen LogP) is 2.16. The van der Waals surface area contributed by atoms with Crippen molar-refractivity contribution >= 4 is 11.9 Å². The molecular formula is C18H27N3O2. The summed E-state index contributed by atoms with van der Waals surface area (Å²) in [5.41, 5.74) is 6.54. The Bertz CT molecular complexity index is 522. The lowest BCUT2D eigenvalue weighted by Crippen LogP contribution is -2.54. The number of nitrogens with two attached hydrogens (primary N) is 1. The Morgan fingerprint density at radius 3 is 2.35 bits per heavy atom. The second kappa shape index (κ2) is 7.99. The molecule has 5 nitrogen and oxygen atoms in total. The Morgan fingerprint density at radius 1 is 1.22 bits per heavy atom. The standard InChI is InChI=1S/C18H27N3O2/c1-13(2)16(20-18(19)23)17(22)21-10-8-15(9-11-21)12-14-6-4-3-5-7-14/h3-7,13,15-16H,8-12H2,1-2H3,(H3,19,20,23)/t16-/m0/s1. The van der Waals surface area contributed by atoms with Crippen LogP contribution in [0.4, 0.5) is 4.79 Å². The van der Waals surface area contributed by atoms with Crippen molar-refractivity contribution in [2.24, 2.45) is 17.6 Å². The topological polar surface area (TPSA) is 75.4 Å². The molecule has 0 bridgehead atoms. The highest BCUT2D eigenvalue weighted by atomic mass is 16.2. The van der Waals surface area contributed by atoms with Crippen LogP contribution in [0.25, 0.3) is 0 Å². The number of hydrogen-bond acceptors (Lipinski definition) is 2. The van der Waals surface area contributed by atoms with Gasteiger partial charge in [0.15, 0.2) is 0 Å². The number of nitrogens with one attached hydrogen (secondary N) is 1. The van der Waals surface area contributed by atoms with E-state index in [0.29, 0.717) is 5.92 Å². The molecule has 1 aliphatic rings. The summed E-state index contributed by atoms with van der Waals surface area (Å²) < 4.78 is 0. The van der Waals surface area contributed by atoms with E-state index in [1.165, 1.54) is 5.56 Å². The molecule has 0 saturated carbocycles. The van der Waals surface area contributed by atoms with Gasteiger partial charge in [0.2, 0.25) is 5.91 Å². The number of nitrogens with zero attached hydrogens (tertiary/aromatic N) is 1. The van der Waals surface area contributed by atoms with Gasteiger partial charge >= 0.3 is 6.03 Å². The Morgan fingerprint density at radius 2 is 1.83 bits per heavy atom. The highest BCUT2D eigenvalue weighted by Crippen LogP contribution is 2.22. The number of benzene rings is 1. The molecule has 3 N–H and O–H groups in total. The minimum atomic E-state index is -0.643. The Labute approximate surface area is 138 Å². The molecule has 1 atom stereocenters. The molecule has 2 rings (SSSR count). The van der Waals surface area contributed by atoms with Gasteiger partial charge in [-0.1, -0.05) is 44.2 Å². The Kier molecular flexibility index (Phi) is 6.02. The molecule has 0 spiro atoms. The fraction of sp³-hybridized carbons (Fsp3) is 0.556. The monoisotopic (exact) mass is 317 g/mol. The van der Waals surface area contributed by atoms with Gasteiger partial charge in [-0.15, -0.1) is 0 Å². The van der Waals surface area contributed by atoms with Crippen molar-refractivity contribution in [3.8, 4) is 0 Å². The average molecular weight is 317 g/mol. The van der Waals surface area contributed by atoms with Crippen LogP contribution in [0.3, 0.4) is 0 Å². The van der Waals surface area contributed by atoms with Crippen LogP contribution >= 0.6 is 0 Å². The molecule has 126 valence electrons. The molecule has 0 radical (unpaired) electrons. The van der Waals surface area contributed by atoms with Crippen molar-refractivity contribution in [2.75, 3.05) is 13.1 Å². The van der Waals surface area contributed by atoms with Crippen LogP contribution in [0.5, 0.6) is 0 Å². The lowest BCUT2D eigenvalue weighted by molar-refractivity contribution is -0.135. The number of rotatable bonds is 5. The number of likely N-dealkylation sites (tertiary alicyclic amines) is 1. The van der Waals surface area contributed by atoms with Crippen LogP contribution in [-0.2, 0) is 11.2 Å². The summed E-state index contributed by atoms with van der Waals surface area (Å²) in [5.74, 6) is 0.622. The highest BCUT2D eigenvalue weighted by Gasteiger charge is 2.30. The number of primary amides is 1. The summed E-state index contributed by atoms with van der Waals surface area (Å²) in [6.45, 7) is 5.33. The molecule has 1 aromatic rings. The minimum absolute atomic E-state index is 0.0167. The summed E-state index contributed by atoms with van der Waals surface area (Å²) in [6.07, 6.45) is 3.07. The lowest BCUT2D eigenvalue weighted by atomic mass is 9.89. The molecule has 0 aromatic heterocycles. The largest absolute Gasteiger partial charge is 0.352 e. The number of piperidine rings is 1. The van der Waals surface area contributed by atoms with Gasteiger partial charge in [-0.3, -0.25) is 4.79 Å². The van der Waals surface area contributed by atoms with Crippen molar-refractivity contribution < 1.29 is 9.59 Å². The van der Waals surface area contributed by atoms with Crippen LogP contribution in [0.1, 0.15) is 32.3 Å². The zero-order valence-electron chi connectivity index (χ0n) is 14.0. The molecule has 0 unspecified atom stereocenters. The zero-order chi connectivity index (χ0) is 16.8. The summed E-state index contributed by atoms with van der Waals surface area (Å²) in [7, 11) is 0. The maximum absolute atomic E-state index is 12.6. The van der Waals surface area contributed by atoms with Gasteiger partial charge < -0.3 is 16.0 Å². The van der Waals surface area contributed by atoms with E-state index in [0.717, 1.165) is 32.4 Å². The van der Waals surface area contributed by atoms with Crippen LogP contribution in [0.15, 0.2) is 30.3 Å². The van der Waals surface area contributed by atoms with E-state index in [1.54, 1.807) is 0 Å². The first-order valence-corrected chi connectivity index (χ1v) is 8.36. The maximum atomic E-state index is 12.6. The summed E-state index contributed by atoms with van der Waals surface area (Å²) in [6, 6.07) is 9.30. The predicted molar refractivity (Wildman–Crippen MR) is 90.8 cm³/mol. The Balaban J connectivity index is 1.87. The maximum Gasteiger partial charge on any atom is 0.312 e. The number of urea groups is 1. The smallest absolute Gasteiger partial charge is 0.312 e. The van der Waals surface area contributed by atoms with Crippen LogP contribution < -0.4 is 11.1 Å². The van der Waals surface area contributed by atoms with Gasteiger partial charge in [-0.25, -0.2) is 4.79 Å². The van der Waals surface area contributed by atoms with Crippen molar-refractivity contribution in [3.63, 3.8) is 0 Å². The van der Waals surface area contributed by atoms with Crippen LogP contribution in [-0.4, -0.2) is 36.0 Å². The van der Waals surface area contributed by atoms with Crippen molar-refractivity contribution in [1.29, 1.82) is 0 Å². The van der Waals surface area contributed by atoms with Gasteiger partial charge in [0.25, 0.3) is 0 Å². The molecule has 1 aliphatic heterocycles. The van der Waals surface area contributed by atoms with Crippen molar-refractivity contribution in [3.05, 3.63) is 35.9 Å². The molecule has 3 amide bonds. The molecule has 1 saturated heterocycles. The van der Waals surface area contributed by atoms with Crippen LogP contribution in [0.2, 0.25) is 0 Å². The second-order valence-corrected chi connectivity index (χ2v) is 6.69. The van der Waals surface area contributed by atoms with Gasteiger partial charge in [-0.05, 0) is 36.7 Å². The van der Waals surface area contributed by atoms with Gasteiger partial charge in [0.1, 0.15) is 6.04 Å². The minimum Gasteiger partial charge on any atom is -0.352 e. The molecule has 23 heavy (non-hydrogen) atoms. The van der Waals surface area contributed by atoms with E-state index in [9.17, 15) is 9.59 Å². The van der Waals surface area contributed by atoms with Gasteiger partial charge in [-0.2, -0.15) is 0 Å². The van der Waals surface area contributed by atoms with Gasteiger partial charge in [0, 0.05) is 13.1 Å². The number of amides is 3. The van der Waals surface area contributed by atoms with E-state index in [2.05, 4.69) is 29.6 Å². The molecule has 1 heterocycles. The molecule has 0 aliphatic carbocycles. The van der Waals surface area contributed by atoms with E-state index >= 15 is 0 Å². The van der Waals surface area contributed by atoms with E-state index < -0.39 is 12.1 Å². The third-order valence-corrected chi connectivity index (χ3v) is 4.52. The fourth-order valence-electron chi connectivity index (χ4n) is 3.17. The first-order chi connectivity index (χ1) is 11.0. The summed E-state index contributed by atoms with van der Waals surface area (Å²) in [4.78, 5) is 25.6. The average Bonchev–Trinajstić information content (AvgIpc) is 2.53. The first kappa shape index (κ1) is 17.3. The zero-order valence-corrected chi connectivity index (χ0v) is 14.0. The quantitative estimate of drug-likeness (QED) is 0.873. The summed E-state index contributed by atoms with van der Waals surface area (Å²) in [5, 5.41) is 2.58. The number of carbonyl (C=O) groups is 2. The first-order valence-electron chi connectivity index (χ1n) is 8.36. The van der Waals surface area contributed by atoms with Crippen molar-refractivity contribution in [1.82, 2.24) is 10.2 Å².